The Morgan fingerprint density at radius 3 is 2.53 bits per heavy atom. The van der Waals surface area contributed by atoms with Crippen LogP contribution in [0.25, 0.3) is 0 Å². The molecule has 0 aliphatic rings. The number of halogens is 2. The van der Waals surface area contributed by atoms with E-state index in [-0.39, 0.29) is 10.8 Å². The third kappa shape index (κ3) is 4.68. The van der Waals surface area contributed by atoms with Crippen LogP contribution < -0.4 is 11.3 Å². The fourth-order valence-electron chi connectivity index (χ4n) is 1.35. The second-order valence-electron chi connectivity index (χ2n) is 4.79. The summed E-state index contributed by atoms with van der Waals surface area (Å²) in [5.41, 5.74) is 3.74. The van der Waals surface area contributed by atoms with Crippen LogP contribution in [0.1, 0.15) is 32.4 Å². The van der Waals surface area contributed by atoms with Crippen LogP contribution in [-0.4, -0.2) is 10.5 Å². The van der Waals surface area contributed by atoms with Gasteiger partial charge in [0.15, 0.2) is 0 Å². The van der Waals surface area contributed by atoms with Crippen molar-refractivity contribution >= 4 is 35.0 Å². The second-order valence-corrected chi connectivity index (χ2v) is 7.42. The Balaban J connectivity index is 2.83. The molecule has 0 saturated carbocycles. The molecule has 1 unspecified atom stereocenters. The third-order valence-corrected chi connectivity index (χ3v) is 4.44. The molecule has 0 fully saturated rings. The van der Waals surface area contributed by atoms with Gasteiger partial charge in [0.05, 0.1) is 16.1 Å². The molecular formula is C12H18Cl2N2S. The zero-order valence-corrected chi connectivity index (χ0v) is 12.6. The predicted octanol–water partition coefficient (Wildman–Crippen LogP) is 4.03. The fraction of sp³-hybridized carbons (Fsp3) is 0.500. The van der Waals surface area contributed by atoms with Crippen molar-refractivity contribution in [1.82, 2.24) is 5.43 Å². The average molecular weight is 293 g/mol. The van der Waals surface area contributed by atoms with Gasteiger partial charge in [0.25, 0.3) is 0 Å². The summed E-state index contributed by atoms with van der Waals surface area (Å²) in [4.78, 5) is 0. The van der Waals surface area contributed by atoms with Gasteiger partial charge in [-0.15, -0.1) is 0 Å². The number of thioether (sulfide) groups is 1. The van der Waals surface area contributed by atoms with Gasteiger partial charge in [-0.25, -0.2) is 0 Å². The van der Waals surface area contributed by atoms with Gasteiger partial charge in [0.2, 0.25) is 0 Å². The van der Waals surface area contributed by atoms with Crippen LogP contribution in [0.15, 0.2) is 18.2 Å². The monoisotopic (exact) mass is 292 g/mol. The molecule has 0 aliphatic heterocycles. The first-order chi connectivity index (χ1) is 7.85. The number of hydrogen-bond acceptors (Lipinski definition) is 3. The lowest BCUT2D eigenvalue weighted by atomic mass is 10.1. The highest BCUT2D eigenvalue weighted by atomic mass is 35.5. The van der Waals surface area contributed by atoms with Crippen LogP contribution in [0, 0.1) is 0 Å². The van der Waals surface area contributed by atoms with Crippen LogP contribution in [0.3, 0.4) is 0 Å². The van der Waals surface area contributed by atoms with Gasteiger partial charge in [-0.2, -0.15) is 11.8 Å². The molecule has 1 atom stereocenters. The van der Waals surface area contributed by atoms with E-state index in [0.717, 1.165) is 11.3 Å². The SMILES string of the molecule is CC(C)(C)SCC(NN)c1cccc(Cl)c1Cl. The number of hydrogen-bond donors (Lipinski definition) is 2. The van der Waals surface area contributed by atoms with Crippen LogP contribution in [0.2, 0.25) is 10.0 Å². The molecule has 1 aromatic carbocycles. The number of benzene rings is 1. The van der Waals surface area contributed by atoms with Crippen molar-refractivity contribution in [3.63, 3.8) is 0 Å². The zero-order valence-electron chi connectivity index (χ0n) is 10.3. The Morgan fingerprint density at radius 1 is 1.35 bits per heavy atom. The fourth-order valence-corrected chi connectivity index (χ4v) is 2.73. The maximum absolute atomic E-state index is 6.18. The first-order valence-electron chi connectivity index (χ1n) is 5.39. The summed E-state index contributed by atoms with van der Waals surface area (Å²) < 4.78 is 0.195. The van der Waals surface area contributed by atoms with E-state index >= 15 is 0 Å². The van der Waals surface area contributed by atoms with Crippen molar-refractivity contribution in [2.45, 2.75) is 31.6 Å². The number of nitrogens with one attached hydrogen (secondary N) is 1. The Morgan fingerprint density at radius 2 is 2.00 bits per heavy atom. The van der Waals surface area contributed by atoms with E-state index in [4.69, 9.17) is 29.0 Å². The molecule has 96 valence electrons. The third-order valence-electron chi connectivity index (χ3n) is 2.24. The molecule has 3 N–H and O–H groups in total. The minimum atomic E-state index is 0.00502. The van der Waals surface area contributed by atoms with Crippen LogP contribution in [0.4, 0.5) is 0 Å². The molecule has 5 heteroatoms. The molecule has 0 radical (unpaired) electrons. The first-order valence-corrected chi connectivity index (χ1v) is 7.13. The predicted molar refractivity (Wildman–Crippen MR) is 78.7 cm³/mol. The van der Waals surface area contributed by atoms with E-state index in [0.29, 0.717) is 10.0 Å². The van der Waals surface area contributed by atoms with Crippen molar-refractivity contribution in [3.05, 3.63) is 33.8 Å². The maximum atomic E-state index is 6.18. The average Bonchev–Trinajstić information content (AvgIpc) is 2.23. The molecule has 0 heterocycles. The summed E-state index contributed by atoms with van der Waals surface area (Å²) in [5, 5.41) is 1.14. The Labute approximate surface area is 117 Å². The van der Waals surface area contributed by atoms with Crippen molar-refractivity contribution < 1.29 is 0 Å². The van der Waals surface area contributed by atoms with Gasteiger partial charge in [-0.1, -0.05) is 56.1 Å². The molecule has 1 aromatic rings. The highest BCUT2D eigenvalue weighted by Crippen LogP contribution is 2.33. The van der Waals surface area contributed by atoms with Gasteiger partial charge in [0.1, 0.15) is 0 Å². The summed E-state index contributed by atoms with van der Waals surface area (Å²) in [6.07, 6.45) is 0. The lowest BCUT2D eigenvalue weighted by Gasteiger charge is -2.23. The number of nitrogens with two attached hydrogens (primary N) is 1. The van der Waals surface area contributed by atoms with E-state index in [9.17, 15) is 0 Å². The van der Waals surface area contributed by atoms with Crippen LogP contribution >= 0.6 is 35.0 Å². The molecule has 0 spiro atoms. The standard InChI is InChI=1S/C12H18Cl2N2S/c1-12(2,3)17-7-10(16-15)8-5-4-6-9(13)11(8)14/h4-6,10,16H,7,15H2,1-3H3. The van der Waals surface area contributed by atoms with Crippen LogP contribution in [-0.2, 0) is 0 Å². The van der Waals surface area contributed by atoms with E-state index in [1.54, 1.807) is 6.07 Å². The van der Waals surface area contributed by atoms with E-state index in [1.807, 2.05) is 23.9 Å². The highest BCUT2D eigenvalue weighted by molar-refractivity contribution is 8.00. The Bertz CT molecular complexity index is 377. The minimum absolute atomic E-state index is 0.00502. The van der Waals surface area contributed by atoms with Gasteiger partial charge < -0.3 is 0 Å². The second kappa shape index (κ2) is 6.30. The van der Waals surface area contributed by atoms with Crippen molar-refractivity contribution in [2.24, 2.45) is 5.84 Å². The summed E-state index contributed by atoms with van der Waals surface area (Å²) in [6, 6.07) is 5.61. The molecule has 1 rings (SSSR count). The molecule has 2 nitrogen and oxygen atoms in total. The minimum Gasteiger partial charge on any atom is -0.271 e. The molecule has 0 aromatic heterocycles. The number of rotatable bonds is 4. The molecule has 0 saturated heterocycles. The van der Waals surface area contributed by atoms with E-state index in [1.165, 1.54) is 0 Å². The van der Waals surface area contributed by atoms with Gasteiger partial charge in [0, 0.05) is 10.5 Å². The highest BCUT2D eigenvalue weighted by Gasteiger charge is 2.19. The van der Waals surface area contributed by atoms with Crippen molar-refractivity contribution in [1.29, 1.82) is 0 Å². The Hall–Kier alpha value is 0.0700. The van der Waals surface area contributed by atoms with Gasteiger partial charge in [-0.05, 0) is 11.6 Å². The summed E-state index contributed by atoms with van der Waals surface area (Å²) in [6.45, 7) is 6.51. The van der Waals surface area contributed by atoms with Gasteiger partial charge >= 0.3 is 0 Å². The Kier molecular flexibility index (Phi) is 5.61. The topological polar surface area (TPSA) is 38.0 Å². The van der Waals surface area contributed by atoms with E-state index < -0.39 is 0 Å². The number of hydrazine groups is 1. The molecule has 17 heavy (non-hydrogen) atoms. The molecule has 0 amide bonds. The normalized spacial score (nSPS) is 13.8. The largest absolute Gasteiger partial charge is 0.271 e. The molecule has 0 aliphatic carbocycles. The van der Waals surface area contributed by atoms with Crippen molar-refractivity contribution in [3.8, 4) is 0 Å². The molecular weight excluding hydrogens is 275 g/mol. The summed E-state index contributed by atoms with van der Waals surface area (Å²) in [7, 11) is 0. The van der Waals surface area contributed by atoms with Crippen molar-refractivity contribution in [2.75, 3.05) is 5.75 Å². The maximum Gasteiger partial charge on any atom is 0.0640 e. The zero-order chi connectivity index (χ0) is 13.1. The quantitative estimate of drug-likeness (QED) is 0.650. The van der Waals surface area contributed by atoms with E-state index in [2.05, 4.69) is 26.2 Å². The molecule has 0 bridgehead atoms. The lowest BCUT2D eigenvalue weighted by Crippen LogP contribution is -2.31. The first kappa shape index (κ1) is 15.1. The smallest absolute Gasteiger partial charge is 0.0640 e. The summed E-state index contributed by atoms with van der Waals surface area (Å²) >= 11 is 14.0. The van der Waals surface area contributed by atoms with Crippen LogP contribution in [0.5, 0.6) is 0 Å². The summed E-state index contributed by atoms with van der Waals surface area (Å²) in [5.74, 6) is 6.44. The lowest BCUT2D eigenvalue weighted by molar-refractivity contribution is 0.608. The van der Waals surface area contributed by atoms with Gasteiger partial charge in [-0.3, -0.25) is 11.3 Å².